The summed E-state index contributed by atoms with van der Waals surface area (Å²) in [7, 11) is -3.33. The number of hydrogen-bond donors (Lipinski definition) is 4. The minimum absolute atomic E-state index is 0.0938. The summed E-state index contributed by atoms with van der Waals surface area (Å²) in [6, 6.07) is 0.804. The maximum absolute atomic E-state index is 11.7. The van der Waals surface area contributed by atoms with Crippen molar-refractivity contribution >= 4 is 27.5 Å². The highest BCUT2D eigenvalue weighted by Gasteiger charge is 2.30. The van der Waals surface area contributed by atoms with Gasteiger partial charge in [-0.15, -0.1) is 0 Å². The van der Waals surface area contributed by atoms with Gasteiger partial charge in [0.2, 0.25) is 0 Å². The van der Waals surface area contributed by atoms with E-state index in [0.29, 0.717) is 5.69 Å². The van der Waals surface area contributed by atoms with Gasteiger partial charge in [-0.3, -0.25) is 0 Å². The van der Waals surface area contributed by atoms with E-state index in [0.717, 1.165) is 6.26 Å². The first kappa shape index (κ1) is 17.0. The molecule has 9 heteroatoms. The fourth-order valence-corrected chi connectivity index (χ4v) is 1.78. The van der Waals surface area contributed by atoms with Crippen molar-refractivity contribution in [1.82, 2.24) is 10.3 Å². The number of carboxylic acid groups (broad SMARTS) is 1. The number of aromatic carboxylic acids is 1. The van der Waals surface area contributed by atoms with E-state index in [4.69, 9.17) is 5.11 Å². The molecule has 1 rings (SSSR count). The number of amides is 2. The number of aromatic amines is 1. The van der Waals surface area contributed by atoms with Crippen LogP contribution in [0.25, 0.3) is 0 Å². The number of hydrogen-bond acceptors (Lipinski definition) is 4. The van der Waals surface area contributed by atoms with Gasteiger partial charge in [0.05, 0.1) is 10.4 Å². The molecule has 0 atom stereocenters. The number of nitrogens with one attached hydrogen (secondary N) is 3. The number of carboxylic acids is 1. The van der Waals surface area contributed by atoms with Crippen molar-refractivity contribution in [2.75, 3.05) is 18.1 Å². The number of rotatable bonds is 5. The smallest absolute Gasteiger partial charge is 0.354 e. The van der Waals surface area contributed by atoms with Crippen molar-refractivity contribution in [2.45, 2.75) is 25.5 Å². The number of aryl methyl sites for hydroxylation is 1. The Morgan fingerprint density at radius 2 is 1.95 bits per heavy atom. The lowest BCUT2D eigenvalue weighted by atomic mass is 10.2. The summed E-state index contributed by atoms with van der Waals surface area (Å²) >= 11 is 0. The molecule has 0 fully saturated rings. The van der Waals surface area contributed by atoms with Gasteiger partial charge in [-0.05, 0) is 26.8 Å². The first-order chi connectivity index (χ1) is 9.44. The highest BCUT2D eigenvalue weighted by molar-refractivity contribution is 7.92. The Morgan fingerprint density at radius 1 is 1.38 bits per heavy atom. The highest BCUT2D eigenvalue weighted by atomic mass is 32.2. The summed E-state index contributed by atoms with van der Waals surface area (Å²) in [6.07, 6.45) is 1.09. The first-order valence-corrected chi connectivity index (χ1v) is 8.00. The summed E-state index contributed by atoms with van der Waals surface area (Å²) in [5, 5.41) is 13.8. The average molecular weight is 317 g/mol. The first-order valence-electron chi connectivity index (χ1n) is 6.11. The van der Waals surface area contributed by atoms with Gasteiger partial charge in [0.25, 0.3) is 0 Å². The molecule has 0 saturated heterocycles. The zero-order chi connectivity index (χ0) is 16.4. The monoisotopic (exact) mass is 317 g/mol. The molecule has 0 spiro atoms. The lowest BCUT2D eigenvalue weighted by Gasteiger charge is -2.22. The minimum atomic E-state index is -3.33. The second-order valence-electron chi connectivity index (χ2n) is 5.39. The largest absolute Gasteiger partial charge is 0.477 e. The molecule has 0 bridgehead atoms. The van der Waals surface area contributed by atoms with Crippen molar-refractivity contribution in [2.24, 2.45) is 0 Å². The van der Waals surface area contributed by atoms with Crippen molar-refractivity contribution in [3.05, 3.63) is 17.5 Å². The van der Waals surface area contributed by atoms with Gasteiger partial charge in [0.15, 0.2) is 9.84 Å². The maximum atomic E-state index is 11.7. The van der Waals surface area contributed by atoms with Crippen LogP contribution in [0, 0.1) is 6.92 Å². The van der Waals surface area contributed by atoms with Crippen molar-refractivity contribution < 1.29 is 23.1 Å². The number of carbonyl (C=O) groups is 2. The third-order valence-electron chi connectivity index (χ3n) is 3.09. The Bertz CT molecular complexity index is 660. The molecule has 21 heavy (non-hydrogen) atoms. The fraction of sp³-hybridized carbons (Fsp3) is 0.500. The second kappa shape index (κ2) is 5.76. The van der Waals surface area contributed by atoms with Crippen molar-refractivity contribution in [1.29, 1.82) is 0 Å². The van der Waals surface area contributed by atoms with Crippen LogP contribution in [-0.2, 0) is 9.84 Å². The van der Waals surface area contributed by atoms with Crippen LogP contribution >= 0.6 is 0 Å². The third-order valence-corrected chi connectivity index (χ3v) is 5.24. The number of H-pyrrole nitrogens is 1. The molecule has 4 N–H and O–H groups in total. The van der Waals surface area contributed by atoms with E-state index in [1.807, 2.05) is 0 Å². The molecule has 0 aliphatic carbocycles. The molecule has 0 aliphatic rings. The summed E-state index contributed by atoms with van der Waals surface area (Å²) < 4.78 is 21.9. The molecule has 1 aromatic rings. The molecule has 0 radical (unpaired) electrons. The Hall–Kier alpha value is -2.03. The molecular formula is C12H19N3O5S. The van der Waals surface area contributed by atoms with Gasteiger partial charge in [0, 0.05) is 18.5 Å². The molecule has 0 aromatic carbocycles. The van der Waals surface area contributed by atoms with Gasteiger partial charge in [-0.25, -0.2) is 18.0 Å². The summed E-state index contributed by atoms with van der Waals surface area (Å²) in [5.74, 6) is -1.20. The van der Waals surface area contributed by atoms with Crippen LogP contribution in [0.15, 0.2) is 6.07 Å². The Morgan fingerprint density at radius 3 is 2.43 bits per heavy atom. The van der Waals surface area contributed by atoms with Gasteiger partial charge in [-0.2, -0.15) is 0 Å². The summed E-state index contributed by atoms with van der Waals surface area (Å²) in [4.78, 5) is 25.3. The molecule has 118 valence electrons. The molecule has 1 aromatic heterocycles. The van der Waals surface area contributed by atoms with Crippen molar-refractivity contribution in [3.63, 3.8) is 0 Å². The molecule has 2 amide bonds. The third kappa shape index (κ3) is 4.22. The Kier molecular flexibility index (Phi) is 4.67. The minimum Gasteiger partial charge on any atom is -0.477 e. The lowest BCUT2D eigenvalue weighted by molar-refractivity contribution is 0.0692. The zero-order valence-electron chi connectivity index (χ0n) is 12.3. The lowest BCUT2D eigenvalue weighted by Crippen LogP contribution is -2.45. The standard InChI is InChI=1S/C12H19N3O5S/c1-7-5-8(9(14-7)10(16)17)15-11(18)13-6-12(2,3)21(4,19)20/h5,14H,6H2,1-4H3,(H,16,17)(H2,13,15,18). The van der Waals surface area contributed by atoms with Crippen LogP contribution in [-0.4, -0.2) is 48.1 Å². The highest BCUT2D eigenvalue weighted by Crippen LogP contribution is 2.17. The summed E-state index contributed by atoms with van der Waals surface area (Å²) in [5.41, 5.74) is 0.568. The predicted molar refractivity (Wildman–Crippen MR) is 78.4 cm³/mol. The van der Waals surface area contributed by atoms with E-state index in [9.17, 15) is 18.0 Å². The van der Waals surface area contributed by atoms with Crippen LogP contribution in [0.1, 0.15) is 30.0 Å². The summed E-state index contributed by atoms with van der Waals surface area (Å²) in [6.45, 7) is 4.54. The van der Waals surface area contributed by atoms with E-state index in [2.05, 4.69) is 15.6 Å². The SMILES string of the molecule is Cc1cc(NC(=O)NCC(C)(C)S(C)(=O)=O)c(C(=O)O)[nH]1. The van der Waals surface area contributed by atoms with E-state index in [1.54, 1.807) is 6.92 Å². The van der Waals surface area contributed by atoms with Crippen molar-refractivity contribution in [3.8, 4) is 0 Å². The van der Waals surface area contributed by atoms with Crippen LogP contribution in [0.5, 0.6) is 0 Å². The van der Waals surface area contributed by atoms with Crippen LogP contribution in [0.2, 0.25) is 0 Å². The van der Waals surface area contributed by atoms with E-state index < -0.39 is 26.6 Å². The molecule has 0 saturated carbocycles. The normalized spacial score (nSPS) is 12.0. The molecule has 0 unspecified atom stereocenters. The van der Waals surface area contributed by atoms with Gasteiger partial charge < -0.3 is 20.7 Å². The number of aromatic nitrogens is 1. The van der Waals surface area contributed by atoms with Gasteiger partial charge in [-0.1, -0.05) is 0 Å². The Labute approximate surface area is 122 Å². The average Bonchev–Trinajstić information content (AvgIpc) is 2.66. The van der Waals surface area contributed by atoms with Crippen LogP contribution in [0.4, 0.5) is 10.5 Å². The van der Waals surface area contributed by atoms with E-state index >= 15 is 0 Å². The molecule has 0 aliphatic heterocycles. The molecular weight excluding hydrogens is 298 g/mol. The van der Waals surface area contributed by atoms with Gasteiger partial charge >= 0.3 is 12.0 Å². The number of sulfone groups is 1. The maximum Gasteiger partial charge on any atom is 0.354 e. The van der Waals surface area contributed by atoms with E-state index in [1.165, 1.54) is 19.9 Å². The van der Waals surface area contributed by atoms with Crippen LogP contribution in [0.3, 0.4) is 0 Å². The number of anilines is 1. The Balaban J connectivity index is 2.74. The van der Waals surface area contributed by atoms with Crippen LogP contribution < -0.4 is 10.6 Å². The molecule has 1 heterocycles. The van der Waals surface area contributed by atoms with Gasteiger partial charge in [0.1, 0.15) is 5.69 Å². The quantitative estimate of drug-likeness (QED) is 0.643. The predicted octanol–water partition coefficient (Wildman–Crippen LogP) is 0.966. The fourth-order valence-electron chi connectivity index (χ4n) is 1.45. The van der Waals surface area contributed by atoms with E-state index in [-0.39, 0.29) is 17.9 Å². The zero-order valence-corrected chi connectivity index (χ0v) is 13.1. The molecule has 8 nitrogen and oxygen atoms in total. The topological polar surface area (TPSA) is 128 Å². The number of carbonyl (C=O) groups excluding carboxylic acids is 1. The number of urea groups is 1. The second-order valence-corrected chi connectivity index (χ2v) is 8.04.